The largest absolute Gasteiger partial charge is 0.393 e. The highest BCUT2D eigenvalue weighted by atomic mass is 19.4. The van der Waals surface area contributed by atoms with Crippen LogP contribution in [-0.2, 0) is 4.79 Å². The Kier molecular flexibility index (Phi) is 5.35. The van der Waals surface area contributed by atoms with E-state index in [1.165, 1.54) is 4.90 Å². The fourth-order valence-electron chi connectivity index (χ4n) is 3.50. The number of carbonyl (C=O) groups excluding carboxylic acids is 1. The Morgan fingerprint density at radius 2 is 1.86 bits per heavy atom. The van der Waals surface area contributed by atoms with E-state index in [2.05, 4.69) is 0 Å². The predicted molar refractivity (Wildman–Crippen MR) is 72.9 cm³/mol. The molecule has 0 aromatic rings. The Labute approximate surface area is 127 Å². The lowest BCUT2D eigenvalue weighted by atomic mass is 9.80. The SMILES string of the molecule is O=C(CC1CCC(C(F)(F)F)CC1)N1CCCC(F)(CO)C1. The highest BCUT2D eigenvalue weighted by Crippen LogP contribution is 2.40. The van der Waals surface area contributed by atoms with Crippen LogP contribution in [0.15, 0.2) is 0 Å². The summed E-state index contributed by atoms with van der Waals surface area (Å²) in [5, 5.41) is 9.06. The molecule has 1 aliphatic carbocycles. The molecule has 1 saturated heterocycles. The van der Waals surface area contributed by atoms with E-state index in [4.69, 9.17) is 5.11 Å². The van der Waals surface area contributed by atoms with Gasteiger partial charge < -0.3 is 10.0 Å². The van der Waals surface area contributed by atoms with Gasteiger partial charge >= 0.3 is 6.18 Å². The molecule has 1 aliphatic heterocycles. The molecule has 1 N–H and O–H groups in total. The number of halogens is 4. The van der Waals surface area contributed by atoms with Crippen LogP contribution in [0.5, 0.6) is 0 Å². The topological polar surface area (TPSA) is 40.5 Å². The van der Waals surface area contributed by atoms with Gasteiger partial charge in [-0.05, 0) is 44.4 Å². The van der Waals surface area contributed by atoms with Crippen molar-refractivity contribution in [2.75, 3.05) is 19.7 Å². The van der Waals surface area contributed by atoms with Crippen molar-refractivity contribution in [3.8, 4) is 0 Å². The van der Waals surface area contributed by atoms with E-state index in [-0.39, 0.29) is 44.1 Å². The molecule has 2 aliphatic rings. The summed E-state index contributed by atoms with van der Waals surface area (Å²) in [6.45, 7) is -0.254. The standard InChI is InChI=1S/C15H23F4NO2/c16-14(10-21)6-1-7-20(9-14)13(22)8-11-2-4-12(5-3-11)15(17,18)19/h11-12,21H,1-10H2. The molecule has 0 aromatic heterocycles. The van der Waals surface area contributed by atoms with Crippen LogP contribution in [0, 0.1) is 11.8 Å². The number of piperidine rings is 1. The number of alkyl halides is 4. The maximum absolute atomic E-state index is 14.1. The fraction of sp³-hybridized carbons (Fsp3) is 0.933. The number of aliphatic hydroxyl groups excluding tert-OH is 1. The van der Waals surface area contributed by atoms with Crippen molar-refractivity contribution < 1.29 is 27.5 Å². The summed E-state index contributed by atoms with van der Waals surface area (Å²) in [7, 11) is 0. The second kappa shape index (κ2) is 6.72. The molecular weight excluding hydrogens is 302 g/mol. The van der Waals surface area contributed by atoms with Gasteiger partial charge in [0.1, 0.15) is 0 Å². The first-order valence-corrected chi connectivity index (χ1v) is 7.88. The zero-order valence-electron chi connectivity index (χ0n) is 12.5. The Hall–Kier alpha value is -0.850. The van der Waals surface area contributed by atoms with Crippen molar-refractivity contribution >= 4 is 5.91 Å². The number of nitrogens with zero attached hydrogens (tertiary/aromatic N) is 1. The predicted octanol–water partition coefficient (Wildman–Crippen LogP) is 3.07. The molecule has 1 unspecified atom stereocenters. The molecule has 0 bridgehead atoms. The third-order valence-electron chi connectivity index (χ3n) is 4.94. The van der Waals surface area contributed by atoms with Crippen LogP contribution in [0.2, 0.25) is 0 Å². The summed E-state index contributed by atoms with van der Waals surface area (Å²) in [6.07, 6.45) is -2.28. The number of rotatable bonds is 3. The molecule has 0 radical (unpaired) electrons. The fourth-order valence-corrected chi connectivity index (χ4v) is 3.50. The highest BCUT2D eigenvalue weighted by Gasteiger charge is 2.42. The first-order valence-electron chi connectivity index (χ1n) is 7.88. The molecule has 128 valence electrons. The molecule has 3 nitrogen and oxygen atoms in total. The average molecular weight is 325 g/mol. The first-order chi connectivity index (χ1) is 10.2. The van der Waals surface area contributed by atoms with Crippen molar-refractivity contribution in [1.82, 2.24) is 4.90 Å². The minimum atomic E-state index is -4.14. The highest BCUT2D eigenvalue weighted by molar-refractivity contribution is 5.76. The van der Waals surface area contributed by atoms with Crippen LogP contribution >= 0.6 is 0 Å². The van der Waals surface area contributed by atoms with Gasteiger partial charge in [-0.1, -0.05) is 0 Å². The van der Waals surface area contributed by atoms with Crippen molar-refractivity contribution in [2.45, 2.75) is 56.8 Å². The molecule has 0 spiro atoms. The lowest BCUT2D eigenvalue weighted by Crippen LogP contribution is -2.50. The van der Waals surface area contributed by atoms with Crippen LogP contribution in [0.25, 0.3) is 0 Å². The minimum Gasteiger partial charge on any atom is -0.393 e. The zero-order valence-corrected chi connectivity index (χ0v) is 12.5. The van der Waals surface area contributed by atoms with Crippen LogP contribution < -0.4 is 0 Å². The third-order valence-corrected chi connectivity index (χ3v) is 4.94. The van der Waals surface area contributed by atoms with Gasteiger partial charge in [0.05, 0.1) is 19.1 Å². The van der Waals surface area contributed by atoms with Crippen LogP contribution in [0.4, 0.5) is 17.6 Å². The van der Waals surface area contributed by atoms with Gasteiger partial charge in [0.15, 0.2) is 5.67 Å². The maximum atomic E-state index is 14.1. The normalized spacial score (nSPS) is 33.8. The number of carbonyl (C=O) groups is 1. The third kappa shape index (κ3) is 4.33. The van der Waals surface area contributed by atoms with Gasteiger partial charge in [-0.25, -0.2) is 4.39 Å². The van der Waals surface area contributed by atoms with Crippen molar-refractivity contribution in [3.63, 3.8) is 0 Å². The van der Waals surface area contributed by atoms with Crippen LogP contribution in [0.1, 0.15) is 44.9 Å². The molecule has 1 atom stereocenters. The summed E-state index contributed by atoms with van der Waals surface area (Å²) >= 11 is 0. The van der Waals surface area contributed by atoms with E-state index in [0.717, 1.165) is 0 Å². The van der Waals surface area contributed by atoms with Crippen molar-refractivity contribution in [3.05, 3.63) is 0 Å². The first kappa shape index (κ1) is 17.5. The molecule has 7 heteroatoms. The van der Waals surface area contributed by atoms with E-state index in [1.54, 1.807) is 0 Å². The second-order valence-corrected chi connectivity index (χ2v) is 6.69. The average Bonchev–Trinajstić information content (AvgIpc) is 2.47. The number of likely N-dealkylation sites (tertiary alicyclic amines) is 1. The second-order valence-electron chi connectivity index (χ2n) is 6.69. The van der Waals surface area contributed by atoms with Crippen LogP contribution in [0.3, 0.4) is 0 Å². The van der Waals surface area contributed by atoms with E-state index in [0.29, 0.717) is 25.8 Å². The quantitative estimate of drug-likeness (QED) is 0.810. The summed E-state index contributed by atoms with van der Waals surface area (Å²) < 4.78 is 51.9. The van der Waals surface area contributed by atoms with Gasteiger partial charge in [0.2, 0.25) is 5.91 Å². The van der Waals surface area contributed by atoms with Gasteiger partial charge in [-0.3, -0.25) is 4.79 Å². The van der Waals surface area contributed by atoms with Crippen LogP contribution in [-0.4, -0.2) is 47.5 Å². The van der Waals surface area contributed by atoms with Gasteiger partial charge in [-0.2, -0.15) is 13.2 Å². The van der Waals surface area contributed by atoms with E-state index >= 15 is 0 Å². The Balaban J connectivity index is 1.81. The van der Waals surface area contributed by atoms with Crippen molar-refractivity contribution in [2.24, 2.45) is 11.8 Å². The Morgan fingerprint density at radius 3 is 2.41 bits per heavy atom. The smallest absolute Gasteiger partial charge is 0.391 e. The minimum absolute atomic E-state index is 0.0452. The molecule has 2 fully saturated rings. The Bertz CT molecular complexity index is 393. The molecule has 2 rings (SSSR count). The zero-order chi connectivity index (χ0) is 16.4. The van der Waals surface area contributed by atoms with E-state index in [1.807, 2.05) is 0 Å². The number of aliphatic hydroxyl groups is 1. The number of hydrogen-bond acceptors (Lipinski definition) is 2. The van der Waals surface area contributed by atoms with E-state index < -0.39 is 24.4 Å². The Morgan fingerprint density at radius 1 is 1.23 bits per heavy atom. The monoisotopic (exact) mass is 325 g/mol. The number of hydrogen-bond donors (Lipinski definition) is 1. The maximum Gasteiger partial charge on any atom is 0.391 e. The molecule has 22 heavy (non-hydrogen) atoms. The summed E-state index contributed by atoms with van der Waals surface area (Å²) in [6, 6.07) is 0. The molecule has 1 saturated carbocycles. The van der Waals surface area contributed by atoms with Gasteiger partial charge in [-0.15, -0.1) is 0 Å². The van der Waals surface area contributed by atoms with Gasteiger partial charge in [0, 0.05) is 13.0 Å². The lowest BCUT2D eigenvalue weighted by Gasteiger charge is -2.37. The molecule has 1 amide bonds. The van der Waals surface area contributed by atoms with Crippen molar-refractivity contribution in [1.29, 1.82) is 0 Å². The lowest BCUT2D eigenvalue weighted by molar-refractivity contribution is -0.184. The number of amides is 1. The summed E-state index contributed by atoms with van der Waals surface area (Å²) in [5.41, 5.74) is -1.73. The molecular formula is C15H23F4NO2. The molecule has 0 aromatic carbocycles. The molecule has 1 heterocycles. The summed E-state index contributed by atoms with van der Waals surface area (Å²) in [4.78, 5) is 13.6. The summed E-state index contributed by atoms with van der Waals surface area (Å²) in [5.74, 6) is -1.50. The van der Waals surface area contributed by atoms with E-state index in [9.17, 15) is 22.4 Å². The van der Waals surface area contributed by atoms with Gasteiger partial charge in [0.25, 0.3) is 0 Å².